The molecule has 2 fully saturated rings. The largest absolute Gasteiger partial charge is 0.330 e. The van der Waals surface area contributed by atoms with Gasteiger partial charge >= 0.3 is 0 Å². The summed E-state index contributed by atoms with van der Waals surface area (Å²) in [7, 11) is 0. The van der Waals surface area contributed by atoms with Gasteiger partial charge in [-0.1, -0.05) is 6.42 Å². The van der Waals surface area contributed by atoms with Gasteiger partial charge in [0.15, 0.2) is 0 Å². The van der Waals surface area contributed by atoms with Crippen LogP contribution in [0.25, 0.3) is 0 Å². The first-order valence-corrected chi connectivity index (χ1v) is 7.06. The van der Waals surface area contributed by atoms with Crippen molar-refractivity contribution in [3.8, 4) is 0 Å². The van der Waals surface area contributed by atoms with E-state index in [1.165, 1.54) is 71.2 Å². The highest BCUT2D eigenvalue weighted by Crippen LogP contribution is 2.20. The normalized spacial score (nSPS) is 27.9. The molecule has 0 bridgehead atoms. The summed E-state index contributed by atoms with van der Waals surface area (Å²) < 4.78 is 0. The molecule has 0 amide bonds. The summed E-state index contributed by atoms with van der Waals surface area (Å²) in [5.41, 5.74) is 5.51. The molecule has 2 saturated heterocycles. The van der Waals surface area contributed by atoms with Gasteiger partial charge in [-0.3, -0.25) is 4.90 Å². The summed E-state index contributed by atoms with van der Waals surface area (Å²) in [6.45, 7) is 7.50. The molecule has 0 aromatic heterocycles. The van der Waals surface area contributed by atoms with Gasteiger partial charge in [0.05, 0.1) is 0 Å². The topological polar surface area (TPSA) is 32.5 Å². The minimum Gasteiger partial charge on any atom is -0.330 e. The fourth-order valence-corrected chi connectivity index (χ4v) is 3.08. The van der Waals surface area contributed by atoms with E-state index in [2.05, 4.69) is 9.80 Å². The minimum absolute atomic E-state index is 0.858. The molecule has 2 rings (SSSR count). The van der Waals surface area contributed by atoms with E-state index in [9.17, 15) is 0 Å². The molecule has 0 aliphatic carbocycles. The quantitative estimate of drug-likeness (QED) is 0.691. The van der Waals surface area contributed by atoms with Gasteiger partial charge in [-0.15, -0.1) is 0 Å². The molecule has 16 heavy (non-hydrogen) atoms. The second kappa shape index (κ2) is 6.58. The van der Waals surface area contributed by atoms with Crippen LogP contribution in [0.2, 0.25) is 0 Å². The Morgan fingerprint density at radius 3 is 2.56 bits per heavy atom. The Kier molecular flexibility index (Phi) is 5.07. The molecular formula is C13H27N3. The van der Waals surface area contributed by atoms with Gasteiger partial charge in [0, 0.05) is 12.6 Å². The summed E-state index contributed by atoms with van der Waals surface area (Å²) in [4.78, 5) is 5.36. The third kappa shape index (κ3) is 3.44. The number of likely N-dealkylation sites (tertiary alicyclic amines) is 2. The summed E-state index contributed by atoms with van der Waals surface area (Å²) in [5, 5.41) is 0. The van der Waals surface area contributed by atoms with Gasteiger partial charge in [0.2, 0.25) is 0 Å². The van der Waals surface area contributed by atoms with Crippen LogP contribution in [0.1, 0.15) is 38.5 Å². The standard InChI is InChI=1S/C13H27N3/c14-7-2-1-3-8-15-11-6-13(12-15)16-9-4-5-10-16/h13H,1-12,14H2. The van der Waals surface area contributed by atoms with E-state index < -0.39 is 0 Å². The van der Waals surface area contributed by atoms with E-state index in [1.54, 1.807) is 0 Å². The fourth-order valence-electron chi connectivity index (χ4n) is 3.08. The van der Waals surface area contributed by atoms with E-state index in [4.69, 9.17) is 5.73 Å². The van der Waals surface area contributed by atoms with Crippen molar-refractivity contribution in [2.75, 3.05) is 39.3 Å². The van der Waals surface area contributed by atoms with Gasteiger partial charge in [0.1, 0.15) is 0 Å². The van der Waals surface area contributed by atoms with E-state index in [0.29, 0.717) is 0 Å². The lowest BCUT2D eigenvalue weighted by Crippen LogP contribution is -2.35. The zero-order valence-corrected chi connectivity index (χ0v) is 10.5. The minimum atomic E-state index is 0.858. The predicted octanol–water partition coefficient (Wildman–Crippen LogP) is 1.29. The van der Waals surface area contributed by atoms with Crippen molar-refractivity contribution in [1.82, 2.24) is 9.80 Å². The Hall–Kier alpha value is -0.120. The van der Waals surface area contributed by atoms with Crippen molar-refractivity contribution in [2.24, 2.45) is 5.73 Å². The maximum absolute atomic E-state index is 5.51. The number of unbranched alkanes of at least 4 members (excludes halogenated alkanes) is 2. The lowest BCUT2D eigenvalue weighted by Gasteiger charge is -2.23. The molecule has 0 aromatic rings. The maximum Gasteiger partial charge on any atom is 0.0235 e. The molecule has 2 heterocycles. The van der Waals surface area contributed by atoms with Crippen LogP contribution in [0.5, 0.6) is 0 Å². The molecule has 0 radical (unpaired) electrons. The molecule has 94 valence electrons. The van der Waals surface area contributed by atoms with Crippen LogP contribution in [0.4, 0.5) is 0 Å². The number of nitrogens with two attached hydrogens (primary N) is 1. The fraction of sp³-hybridized carbons (Fsp3) is 1.00. The third-order valence-electron chi connectivity index (χ3n) is 4.08. The number of rotatable bonds is 6. The van der Waals surface area contributed by atoms with Gasteiger partial charge < -0.3 is 10.6 Å². The first kappa shape index (κ1) is 12.3. The second-order valence-corrected chi connectivity index (χ2v) is 5.34. The second-order valence-electron chi connectivity index (χ2n) is 5.34. The van der Waals surface area contributed by atoms with E-state index >= 15 is 0 Å². The molecule has 0 saturated carbocycles. The molecule has 2 aliphatic rings. The smallest absolute Gasteiger partial charge is 0.0235 e. The average Bonchev–Trinajstić information content (AvgIpc) is 2.94. The van der Waals surface area contributed by atoms with E-state index in [1.807, 2.05) is 0 Å². The molecule has 1 atom stereocenters. The first-order valence-electron chi connectivity index (χ1n) is 7.06. The predicted molar refractivity (Wildman–Crippen MR) is 68.6 cm³/mol. The number of hydrogen-bond donors (Lipinski definition) is 1. The average molecular weight is 225 g/mol. The first-order chi connectivity index (χ1) is 7.90. The van der Waals surface area contributed by atoms with Gasteiger partial charge in [-0.2, -0.15) is 0 Å². The van der Waals surface area contributed by atoms with Crippen molar-refractivity contribution in [1.29, 1.82) is 0 Å². The van der Waals surface area contributed by atoms with Crippen LogP contribution in [0.3, 0.4) is 0 Å². The number of hydrogen-bond acceptors (Lipinski definition) is 3. The zero-order valence-electron chi connectivity index (χ0n) is 10.5. The highest BCUT2D eigenvalue weighted by atomic mass is 15.3. The van der Waals surface area contributed by atoms with Crippen LogP contribution in [-0.4, -0.2) is 55.1 Å². The Morgan fingerprint density at radius 2 is 1.81 bits per heavy atom. The Bertz CT molecular complexity index is 190. The molecular weight excluding hydrogens is 198 g/mol. The van der Waals surface area contributed by atoms with Crippen LogP contribution in [-0.2, 0) is 0 Å². The Morgan fingerprint density at radius 1 is 1.00 bits per heavy atom. The van der Waals surface area contributed by atoms with E-state index in [-0.39, 0.29) is 0 Å². The molecule has 3 heteroatoms. The zero-order chi connectivity index (χ0) is 11.2. The third-order valence-corrected chi connectivity index (χ3v) is 4.08. The molecule has 2 N–H and O–H groups in total. The molecule has 2 aliphatic heterocycles. The van der Waals surface area contributed by atoms with Crippen LogP contribution in [0, 0.1) is 0 Å². The summed E-state index contributed by atoms with van der Waals surface area (Å²) in [5.74, 6) is 0. The van der Waals surface area contributed by atoms with Crippen LogP contribution in [0.15, 0.2) is 0 Å². The van der Waals surface area contributed by atoms with Crippen LogP contribution < -0.4 is 5.73 Å². The van der Waals surface area contributed by atoms with Gasteiger partial charge in [-0.25, -0.2) is 0 Å². The molecule has 0 spiro atoms. The van der Waals surface area contributed by atoms with Crippen molar-refractivity contribution in [3.05, 3.63) is 0 Å². The van der Waals surface area contributed by atoms with Crippen molar-refractivity contribution in [3.63, 3.8) is 0 Å². The number of nitrogens with zero attached hydrogens (tertiary/aromatic N) is 2. The SMILES string of the molecule is NCCCCCN1CCC(N2CCCC2)C1. The van der Waals surface area contributed by atoms with Crippen molar-refractivity contribution >= 4 is 0 Å². The molecule has 0 aromatic carbocycles. The summed E-state index contributed by atoms with van der Waals surface area (Å²) in [6, 6.07) is 0.872. The Balaban J connectivity index is 1.59. The monoisotopic (exact) mass is 225 g/mol. The highest BCUT2D eigenvalue weighted by Gasteiger charge is 2.28. The summed E-state index contributed by atoms with van der Waals surface area (Å²) in [6.07, 6.45) is 8.09. The molecule has 3 nitrogen and oxygen atoms in total. The van der Waals surface area contributed by atoms with Gasteiger partial charge in [-0.05, 0) is 64.8 Å². The maximum atomic E-state index is 5.51. The van der Waals surface area contributed by atoms with Crippen LogP contribution >= 0.6 is 0 Å². The Labute approximate surface area is 100.0 Å². The van der Waals surface area contributed by atoms with Crippen molar-refractivity contribution in [2.45, 2.75) is 44.6 Å². The lowest BCUT2D eigenvalue weighted by atomic mass is 10.2. The summed E-state index contributed by atoms with van der Waals surface area (Å²) >= 11 is 0. The van der Waals surface area contributed by atoms with Gasteiger partial charge in [0.25, 0.3) is 0 Å². The highest BCUT2D eigenvalue weighted by molar-refractivity contribution is 4.85. The molecule has 1 unspecified atom stereocenters. The van der Waals surface area contributed by atoms with Crippen molar-refractivity contribution < 1.29 is 0 Å². The lowest BCUT2D eigenvalue weighted by molar-refractivity contribution is 0.231. The van der Waals surface area contributed by atoms with E-state index in [0.717, 1.165) is 12.6 Å².